The second-order valence-electron chi connectivity index (χ2n) is 7.14. The largest absolute Gasteiger partial charge is 0.338 e. The zero-order valence-electron chi connectivity index (χ0n) is 17.2. The molecule has 6 nitrogen and oxygen atoms in total. The second-order valence-corrected chi connectivity index (χ2v) is 9.72. The van der Waals surface area contributed by atoms with E-state index in [9.17, 15) is 4.79 Å². The van der Waals surface area contributed by atoms with Crippen LogP contribution in [0.1, 0.15) is 16.3 Å². The van der Waals surface area contributed by atoms with Crippen LogP contribution in [0.2, 0.25) is 5.02 Å². The molecule has 0 spiro atoms. The van der Waals surface area contributed by atoms with Crippen molar-refractivity contribution in [2.45, 2.75) is 24.8 Å². The molecule has 0 N–H and O–H groups in total. The Kier molecular flexibility index (Phi) is 5.58. The topological polar surface area (TPSA) is 73.8 Å². The van der Waals surface area contributed by atoms with E-state index in [-0.39, 0.29) is 5.56 Å². The Morgan fingerprint density at radius 1 is 1.06 bits per heavy atom. The molecule has 0 saturated carbocycles. The van der Waals surface area contributed by atoms with Gasteiger partial charge in [-0.3, -0.25) is 9.36 Å². The lowest BCUT2D eigenvalue weighted by atomic mass is 10.2. The number of hydrogen-bond donors (Lipinski definition) is 0. The molecule has 2 aromatic carbocycles. The number of fused-ring (bicyclic) bond motifs is 1. The van der Waals surface area contributed by atoms with Crippen LogP contribution in [0.4, 0.5) is 0 Å². The van der Waals surface area contributed by atoms with Crippen molar-refractivity contribution >= 4 is 44.9 Å². The Morgan fingerprint density at radius 2 is 1.81 bits per heavy atom. The van der Waals surface area contributed by atoms with Crippen molar-refractivity contribution in [2.24, 2.45) is 0 Å². The van der Waals surface area contributed by atoms with Crippen LogP contribution in [-0.2, 0) is 5.75 Å². The van der Waals surface area contributed by atoms with Crippen molar-refractivity contribution in [3.05, 3.63) is 86.3 Å². The SMILES string of the molecule is Cc1sc2nc(SCc3nc(-c4ccc(Cl)cc4)no3)n(-c3ccccc3)c(=O)c2c1C. The van der Waals surface area contributed by atoms with Crippen molar-refractivity contribution in [2.75, 3.05) is 0 Å². The summed E-state index contributed by atoms with van der Waals surface area (Å²) in [6, 6.07) is 16.8. The molecular weight excluding hydrogens is 464 g/mol. The molecule has 3 aromatic heterocycles. The van der Waals surface area contributed by atoms with Gasteiger partial charge < -0.3 is 4.52 Å². The normalized spacial score (nSPS) is 11.3. The van der Waals surface area contributed by atoms with Crippen LogP contribution in [0.5, 0.6) is 0 Å². The summed E-state index contributed by atoms with van der Waals surface area (Å²) >= 11 is 8.88. The number of para-hydroxylation sites is 1. The molecule has 3 heterocycles. The number of rotatable bonds is 5. The summed E-state index contributed by atoms with van der Waals surface area (Å²) in [5.74, 6) is 1.33. The van der Waals surface area contributed by atoms with Crippen LogP contribution in [0.25, 0.3) is 27.3 Å². The number of thioether (sulfide) groups is 1. The van der Waals surface area contributed by atoms with Gasteiger partial charge in [-0.15, -0.1) is 11.3 Å². The molecular formula is C23H17ClN4O2S2. The highest BCUT2D eigenvalue weighted by Gasteiger charge is 2.19. The molecule has 0 saturated heterocycles. The standard InChI is InChI=1S/C23H17ClN4O2S2/c1-13-14(2)32-21-19(13)22(29)28(17-6-4-3-5-7-17)23(26-21)31-12-18-25-20(27-30-18)15-8-10-16(24)11-9-15/h3-11H,12H2,1-2H3. The van der Waals surface area contributed by atoms with Crippen molar-refractivity contribution in [3.8, 4) is 17.1 Å². The smallest absolute Gasteiger partial charge is 0.267 e. The Balaban J connectivity index is 1.52. The van der Waals surface area contributed by atoms with E-state index in [1.54, 1.807) is 16.7 Å². The zero-order chi connectivity index (χ0) is 22.2. The Hall–Kier alpha value is -2.94. The zero-order valence-corrected chi connectivity index (χ0v) is 19.6. The summed E-state index contributed by atoms with van der Waals surface area (Å²) in [5, 5.41) is 5.96. The highest BCUT2D eigenvalue weighted by atomic mass is 35.5. The maximum absolute atomic E-state index is 13.5. The number of benzene rings is 2. The van der Waals surface area contributed by atoms with Gasteiger partial charge in [0.25, 0.3) is 5.56 Å². The van der Waals surface area contributed by atoms with Gasteiger partial charge in [0.05, 0.1) is 16.8 Å². The maximum Gasteiger partial charge on any atom is 0.267 e. The molecule has 5 aromatic rings. The van der Waals surface area contributed by atoms with Gasteiger partial charge in [0.2, 0.25) is 11.7 Å². The Labute approximate surface area is 196 Å². The van der Waals surface area contributed by atoms with Crippen LogP contribution in [0.15, 0.2) is 69.1 Å². The fourth-order valence-corrected chi connectivity index (χ4v) is 5.38. The van der Waals surface area contributed by atoms with E-state index in [1.807, 2.05) is 56.3 Å². The minimum Gasteiger partial charge on any atom is -0.338 e. The molecule has 0 radical (unpaired) electrons. The molecule has 5 rings (SSSR count). The first-order valence-electron chi connectivity index (χ1n) is 9.81. The molecule has 0 unspecified atom stereocenters. The molecule has 0 atom stereocenters. The number of nitrogens with zero attached hydrogens (tertiary/aromatic N) is 4. The Morgan fingerprint density at radius 3 is 2.56 bits per heavy atom. The van der Waals surface area contributed by atoms with Crippen molar-refractivity contribution < 1.29 is 4.52 Å². The predicted molar refractivity (Wildman–Crippen MR) is 129 cm³/mol. The third-order valence-corrected chi connectivity index (χ3v) is 7.36. The first kappa shape index (κ1) is 20.9. The molecule has 160 valence electrons. The third kappa shape index (κ3) is 3.85. The van der Waals surface area contributed by atoms with E-state index >= 15 is 0 Å². The molecule has 0 fully saturated rings. The first-order chi connectivity index (χ1) is 15.5. The van der Waals surface area contributed by atoms with Gasteiger partial charge in [0.15, 0.2) is 5.16 Å². The number of halogens is 1. The van der Waals surface area contributed by atoms with Crippen LogP contribution >= 0.6 is 34.7 Å². The van der Waals surface area contributed by atoms with Crippen LogP contribution in [-0.4, -0.2) is 19.7 Å². The highest BCUT2D eigenvalue weighted by molar-refractivity contribution is 7.98. The average molecular weight is 481 g/mol. The van der Waals surface area contributed by atoms with Gasteiger partial charge in [-0.2, -0.15) is 4.98 Å². The number of aromatic nitrogens is 4. The number of thiophene rings is 1. The third-order valence-electron chi connectivity index (χ3n) is 5.08. The van der Waals surface area contributed by atoms with Gasteiger partial charge in [-0.1, -0.05) is 46.7 Å². The molecule has 0 aliphatic rings. The van der Waals surface area contributed by atoms with Crippen LogP contribution in [0, 0.1) is 13.8 Å². The lowest BCUT2D eigenvalue weighted by Gasteiger charge is -2.11. The van der Waals surface area contributed by atoms with Crippen LogP contribution < -0.4 is 5.56 Å². The van der Waals surface area contributed by atoms with Crippen molar-refractivity contribution in [3.63, 3.8) is 0 Å². The molecule has 0 aliphatic heterocycles. The second kappa shape index (κ2) is 8.54. The highest BCUT2D eigenvalue weighted by Crippen LogP contribution is 2.31. The quantitative estimate of drug-likeness (QED) is 0.225. The summed E-state index contributed by atoms with van der Waals surface area (Å²) < 4.78 is 7.09. The van der Waals surface area contributed by atoms with Gasteiger partial charge in [0, 0.05) is 15.5 Å². The fourth-order valence-electron chi connectivity index (χ4n) is 3.33. The monoisotopic (exact) mass is 480 g/mol. The molecule has 0 bridgehead atoms. The fraction of sp³-hybridized carbons (Fsp3) is 0.130. The predicted octanol–water partition coefficient (Wildman–Crippen LogP) is 6.06. The summed E-state index contributed by atoms with van der Waals surface area (Å²) in [4.78, 5) is 24.6. The summed E-state index contributed by atoms with van der Waals surface area (Å²) in [7, 11) is 0. The van der Waals surface area contributed by atoms with E-state index < -0.39 is 0 Å². The molecule has 9 heteroatoms. The minimum absolute atomic E-state index is 0.0714. The number of aryl methyl sites for hydroxylation is 2. The number of hydrogen-bond acceptors (Lipinski definition) is 7. The van der Waals surface area contributed by atoms with Gasteiger partial charge >= 0.3 is 0 Å². The van der Waals surface area contributed by atoms with Crippen molar-refractivity contribution in [1.82, 2.24) is 19.7 Å². The summed E-state index contributed by atoms with van der Waals surface area (Å²) in [5.41, 5.74) is 2.50. The average Bonchev–Trinajstić information content (AvgIpc) is 3.38. The van der Waals surface area contributed by atoms with Gasteiger partial charge in [-0.05, 0) is 55.8 Å². The molecule has 0 amide bonds. The maximum atomic E-state index is 13.5. The van der Waals surface area contributed by atoms with Gasteiger partial charge in [-0.25, -0.2) is 4.98 Å². The minimum atomic E-state index is -0.0714. The van der Waals surface area contributed by atoms with E-state index in [1.165, 1.54) is 23.1 Å². The molecule has 32 heavy (non-hydrogen) atoms. The van der Waals surface area contributed by atoms with E-state index in [2.05, 4.69) is 10.1 Å². The lowest BCUT2D eigenvalue weighted by Crippen LogP contribution is -2.21. The summed E-state index contributed by atoms with van der Waals surface area (Å²) in [6.45, 7) is 3.98. The van der Waals surface area contributed by atoms with Crippen molar-refractivity contribution in [1.29, 1.82) is 0 Å². The van der Waals surface area contributed by atoms with E-state index in [0.717, 1.165) is 26.5 Å². The van der Waals surface area contributed by atoms with E-state index in [0.29, 0.717) is 33.0 Å². The lowest BCUT2D eigenvalue weighted by molar-refractivity contribution is 0.391. The van der Waals surface area contributed by atoms with E-state index in [4.69, 9.17) is 21.1 Å². The Bertz CT molecular complexity index is 1470. The molecule has 0 aliphatic carbocycles. The summed E-state index contributed by atoms with van der Waals surface area (Å²) in [6.07, 6.45) is 0. The van der Waals surface area contributed by atoms with Crippen LogP contribution in [0.3, 0.4) is 0 Å². The first-order valence-corrected chi connectivity index (χ1v) is 12.0. The van der Waals surface area contributed by atoms with Gasteiger partial charge in [0.1, 0.15) is 4.83 Å².